The van der Waals surface area contributed by atoms with Crippen LogP contribution in [0.3, 0.4) is 0 Å². The molecule has 0 unspecified atom stereocenters. The molecule has 0 saturated heterocycles. The van der Waals surface area contributed by atoms with Crippen molar-refractivity contribution in [1.82, 2.24) is 4.98 Å². The summed E-state index contributed by atoms with van der Waals surface area (Å²) in [5, 5.41) is 3.68. The third-order valence-electron chi connectivity index (χ3n) is 4.30. The summed E-state index contributed by atoms with van der Waals surface area (Å²) in [4.78, 5) is 28.2. The first-order valence-electron chi connectivity index (χ1n) is 8.89. The highest BCUT2D eigenvalue weighted by Crippen LogP contribution is 2.33. The van der Waals surface area contributed by atoms with Crippen molar-refractivity contribution in [3.8, 4) is 0 Å². The van der Waals surface area contributed by atoms with Crippen LogP contribution in [0, 0.1) is 5.92 Å². The van der Waals surface area contributed by atoms with Gasteiger partial charge in [-0.1, -0.05) is 37.6 Å². The van der Waals surface area contributed by atoms with Gasteiger partial charge in [-0.25, -0.2) is 0 Å². The lowest BCUT2D eigenvalue weighted by molar-refractivity contribution is -0.137. The first-order valence-corrected chi connectivity index (χ1v) is 9.27. The number of hydrogen-bond acceptors (Lipinski definition) is 2. The highest BCUT2D eigenvalue weighted by molar-refractivity contribution is 6.31. The van der Waals surface area contributed by atoms with Crippen molar-refractivity contribution in [2.45, 2.75) is 26.4 Å². The van der Waals surface area contributed by atoms with Gasteiger partial charge in [0.25, 0.3) is 0 Å². The number of alkyl halides is 3. The maximum Gasteiger partial charge on any atom is 0.416 e. The first-order chi connectivity index (χ1) is 13.6. The molecule has 0 aliphatic rings. The fourth-order valence-corrected chi connectivity index (χ4v) is 3.18. The topological polar surface area (TPSA) is 62.0 Å². The average molecular weight is 423 g/mol. The molecular weight excluding hydrogens is 405 g/mol. The Morgan fingerprint density at radius 3 is 2.52 bits per heavy atom. The van der Waals surface area contributed by atoms with E-state index < -0.39 is 17.5 Å². The lowest BCUT2D eigenvalue weighted by atomic mass is 10.0. The number of ketones is 1. The Kier molecular flexibility index (Phi) is 5.71. The van der Waals surface area contributed by atoms with Gasteiger partial charge in [0.2, 0.25) is 11.7 Å². The minimum atomic E-state index is -4.57. The summed E-state index contributed by atoms with van der Waals surface area (Å²) in [5.74, 6) is -0.866. The number of nitrogens with one attached hydrogen (secondary N) is 2. The van der Waals surface area contributed by atoms with E-state index in [1.807, 2.05) is 13.8 Å². The number of aromatic nitrogens is 1. The van der Waals surface area contributed by atoms with Crippen molar-refractivity contribution in [3.05, 3.63) is 64.3 Å². The third-order valence-corrected chi connectivity index (χ3v) is 4.53. The molecule has 2 aromatic carbocycles. The van der Waals surface area contributed by atoms with Crippen molar-refractivity contribution in [3.63, 3.8) is 0 Å². The molecule has 1 aromatic heterocycles. The number of amides is 1. The zero-order chi connectivity index (χ0) is 21.3. The number of anilines is 1. The molecular formula is C21H18ClF3N2O2. The Labute approximate surface area is 170 Å². The minimum absolute atomic E-state index is 0.00121. The van der Waals surface area contributed by atoms with E-state index in [9.17, 15) is 22.8 Å². The van der Waals surface area contributed by atoms with Crippen molar-refractivity contribution in [2.75, 3.05) is 5.32 Å². The molecule has 152 valence electrons. The monoisotopic (exact) mass is 422 g/mol. The van der Waals surface area contributed by atoms with Crippen LogP contribution in [0.2, 0.25) is 5.02 Å². The first kappa shape index (κ1) is 20.9. The van der Waals surface area contributed by atoms with E-state index >= 15 is 0 Å². The summed E-state index contributed by atoms with van der Waals surface area (Å²) in [6.45, 7) is 3.76. The van der Waals surface area contributed by atoms with E-state index in [2.05, 4.69) is 10.3 Å². The molecule has 4 nitrogen and oxygen atoms in total. The number of aromatic amines is 1. The lowest BCUT2D eigenvalue weighted by Crippen LogP contribution is -2.16. The Balaban J connectivity index is 2.09. The SMILES string of the molecule is CC(C)CC(=O)Nc1c(C(=O)c2cccc(C(F)(F)F)c2)[nH]c2cc(Cl)ccc12. The van der Waals surface area contributed by atoms with Crippen LogP contribution in [0.15, 0.2) is 42.5 Å². The number of carbonyl (C=O) groups excluding carboxylic acids is 2. The van der Waals surface area contributed by atoms with Gasteiger partial charge in [0.05, 0.1) is 11.3 Å². The van der Waals surface area contributed by atoms with Crippen LogP contribution in [-0.4, -0.2) is 16.7 Å². The van der Waals surface area contributed by atoms with Gasteiger partial charge in [-0.2, -0.15) is 13.2 Å². The van der Waals surface area contributed by atoms with E-state index in [0.29, 0.717) is 15.9 Å². The second-order valence-corrected chi connectivity index (χ2v) is 7.56. The summed E-state index contributed by atoms with van der Waals surface area (Å²) >= 11 is 6.01. The van der Waals surface area contributed by atoms with Gasteiger partial charge in [0.15, 0.2) is 0 Å². The number of carbonyl (C=O) groups is 2. The smallest absolute Gasteiger partial charge is 0.350 e. The number of hydrogen-bond donors (Lipinski definition) is 2. The predicted octanol–water partition coefficient (Wildman–Crippen LogP) is 6.06. The average Bonchev–Trinajstić information content (AvgIpc) is 2.97. The maximum atomic E-state index is 13.0. The summed E-state index contributed by atoms with van der Waals surface area (Å²) in [7, 11) is 0. The summed E-state index contributed by atoms with van der Waals surface area (Å²) < 4.78 is 39.1. The van der Waals surface area contributed by atoms with E-state index in [-0.39, 0.29) is 35.2 Å². The summed E-state index contributed by atoms with van der Waals surface area (Å²) in [6.07, 6.45) is -4.34. The molecule has 0 aliphatic heterocycles. The maximum absolute atomic E-state index is 13.0. The van der Waals surface area contributed by atoms with Gasteiger partial charge in [-0.15, -0.1) is 0 Å². The third kappa shape index (κ3) is 4.62. The fourth-order valence-electron chi connectivity index (χ4n) is 3.01. The normalized spacial score (nSPS) is 11.8. The van der Waals surface area contributed by atoms with Crippen LogP contribution in [0.1, 0.15) is 41.9 Å². The molecule has 0 spiro atoms. The van der Waals surface area contributed by atoms with Crippen LogP contribution in [0.5, 0.6) is 0 Å². The lowest BCUT2D eigenvalue weighted by Gasteiger charge is -2.10. The number of halogens is 4. The van der Waals surface area contributed by atoms with Gasteiger partial charge >= 0.3 is 6.18 Å². The number of benzene rings is 2. The van der Waals surface area contributed by atoms with Crippen LogP contribution in [0.4, 0.5) is 18.9 Å². The van der Waals surface area contributed by atoms with Crippen molar-refractivity contribution >= 4 is 39.9 Å². The number of H-pyrrole nitrogens is 1. The second kappa shape index (κ2) is 7.91. The van der Waals surface area contributed by atoms with Crippen LogP contribution >= 0.6 is 11.6 Å². The Morgan fingerprint density at radius 2 is 1.86 bits per heavy atom. The van der Waals surface area contributed by atoms with Gasteiger partial charge in [-0.05, 0) is 36.2 Å². The largest absolute Gasteiger partial charge is 0.416 e. The van der Waals surface area contributed by atoms with E-state index in [0.717, 1.165) is 12.1 Å². The molecule has 0 atom stereocenters. The highest BCUT2D eigenvalue weighted by Gasteiger charge is 2.31. The van der Waals surface area contributed by atoms with Gasteiger partial charge in [0, 0.05) is 27.9 Å². The highest BCUT2D eigenvalue weighted by atomic mass is 35.5. The molecule has 0 bridgehead atoms. The van der Waals surface area contributed by atoms with Crippen LogP contribution < -0.4 is 5.32 Å². The Bertz CT molecular complexity index is 1090. The molecule has 2 N–H and O–H groups in total. The molecule has 0 saturated carbocycles. The Morgan fingerprint density at radius 1 is 1.14 bits per heavy atom. The van der Waals surface area contributed by atoms with Gasteiger partial charge in [-0.3, -0.25) is 9.59 Å². The zero-order valence-corrected chi connectivity index (χ0v) is 16.4. The number of fused-ring (bicyclic) bond motifs is 1. The van der Waals surface area contributed by atoms with Crippen LogP contribution in [-0.2, 0) is 11.0 Å². The molecule has 1 heterocycles. The molecule has 29 heavy (non-hydrogen) atoms. The van der Waals surface area contributed by atoms with E-state index in [1.54, 1.807) is 18.2 Å². The quantitative estimate of drug-likeness (QED) is 0.491. The number of rotatable bonds is 5. The molecule has 1 amide bonds. The standard InChI is InChI=1S/C21H18ClF3N2O2/c1-11(2)8-17(28)27-18-15-7-6-14(22)10-16(15)26-19(18)20(29)12-4-3-5-13(9-12)21(23,24)25/h3-7,9-11,26H,8H2,1-2H3,(H,27,28). The Hall–Kier alpha value is -2.80. The van der Waals surface area contributed by atoms with Crippen molar-refractivity contribution in [2.24, 2.45) is 5.92 Å². The molecule has 8 heteroatoms. The van der Waals surface area contributed by atoms with Crippen LogP contribution in [0.25, 0.3) is 10.9 Å². The molecule has 0 fully saturated rings. The second-order valence-electron chi connectivity index (χ2n) is 7.12. The van der Waals surface area contributed by atoms with Gasteiger partial charge in [0.1, 0.15) is 5.69 Å². The summed E-state index contributed by atoms with van der Waals surface area (Å²) in [6, 6.07) is 8.99. The molecule has 3 rings (SSSR count). The van der Waals surface area contributed by atoms with E-state index in [1.165, 1.54) is 12.1 Å². The van der Waals surface area contributed by atoms with Gasteiger partial charge < -0.3 is 10.3 Å². The predicted molar refractivity (Wildman–Crippen MR) is 106 cm³/mol. The van der Waals surface area contributed by atoms with E-state index in [4.69, 9.17) is 11.6 Å². The molecule has 0 aliphatic carbocycles. The van der Waals surface area contributed by atoms with Crippen molar-refractivity contribution in [1.29, 1.82) is 0 Å². The fraction of sp³-hybridized carbons (Fsp3) is 0.238. The zero-order valence-electron chi connectivity index (χ0n) is 15.7. The summed E-state index contributed by atoms with van der Waals surface area (Å²) in [5.41, 5.74) is -0.346. The molecule has 3 aromatic rings. The molecule has 0 radical (unpaired) electrons. The van der Waals surface area contributed by atoms with Crippen molar-refractivity contribution < 1.29 is 22.8 Å². The minimum Gasteiger partial charge on any atom is -0.350 e.